The van der Waals surface area contributed by atoms with Gasteiger partial charge in [-0.1, -0.05) is 47.2 Å². The van der Waals surface area contributed by atoms with Gasteiger partial charge < -0.3 is 0 Å². The Morgan fingerprint density at radius 1 is 1.10 bits per heavy atom. The first-order valence-corrected chi connectivity index (χ1v) is 8.10. The molecule has 0 N–H and O–H groups in total. The Balaban J connectivity index is 2.41. The summed E-state index contributed by atoms with van der Waals surface area (Å²) in [4.78, 5) is 13.2. The minimum Gasteiger partial charge on any atom is -0.284 e. The highest BCUT2D eigenvalue weighted by Gasteiger charge is 2.16. The van der Waals surface area contributed by atoms with Crippen LogP contribution in [0.2, 0.25) is 0 Å². The molecule has 0 saturated heterocycles. The molecule has 2 aromatic carbocycles. The van der Waals surface area contributed by atoms with Gasteiger partial charge in [0.25, 0.3) is 5.56 Å². The van der Waals surface area contributed by atoms with Crippen LogP contribution in [0.15, 0.2) is 52.2 Å². The zero-order chi connectivity index (χ0) is 14.3. The fourth-order valence-corrected chi connectivity index (χ4v) is 3.51. The summed E-state index contributed by atoms with van der Waals surface area (Å²) in [6, 6.07) is 14.1. The van der Waals surface area contributed by atoms with E-state index in [1.54, 1.807) is 4.68 Å². The number of thiol groups is 1. The summed E-state index contributed by atoms with van der Waals surface area (Å²) in [5.74, 6) is 0. The van der Waals surface area contributed by atoms with Gasteiger partial charge in [0.15, 0.2) is 0 Å². The van der Waals surface area contributed by atoms with Gasteiger partial charge in [-0.15, -0.1) is 11.7 Å². The molecule has 5 heteroatoms. The molecule has 0 atom stereocenters. The zero-order valence-electron chi connectivity index (χ0n) is 11.2. The molecule has 0 fully saturated rings. The van der Waals surface area contributed by atoms with Crippen molar-refractivity contribution in [2.75, 3.05) is 0 Å². The van der Waals surface area contributed by atoms with Gasteiger partial charge in [-0.2, -0.15) is 0 Å². The van der Waals surface area contributed by atoms with Gasteiger partial charge in [0.05, 0.1) is 11.4 Å². The van der Waals surface area contributed by atoms with E-state index in [0.717, 1.165) is 22.2 Å². The highest BCUT2D eigenvalue weighted by molar-refractivity contribution is 8.68. The van der Waals surface area contributed by atoms with Gasteiger partial charge in [0.1, 0.15) is 4.90 Å². The first-order chi connectivity index (χ1) is 9.65. The van der Waals surface area contributed by atoms with E-state index >= 15 is 0 Å². The number of benzene rings is 2. The molecule has 0 aliphatic rings. The van der Waals surface area contributed by atoms with Crippen LogP contribution < -0.4 is 5.56 Å². The number of aromatic nitrogens is 2. The maximum Gasteiger partial charge on any atom is 0.286 e. The minimum atomic E-state index is -0.0265. The Bertz CT molecular complexity index is 843. The Kier molecular flexibility index (Phi) is 3.40. The fraction of sp³-hybridized carbons (Fsp3) is 0.133. The number of fused-ring (bicyclic) bond motifs is 1. The first kappa shape index (κ1) is 13.4. The van der Waals surface area contributed by atoms with Crippen LogP contribution in [0.1, 0.15) is 5.69 Å². The molecule has 3 aromatic rings. The second-order valence-electron chi connectivity index (χ2n) is 4.64. The third kappa shape index (κ3) is 1.89. The van der Waals surface area contributed by atoms with Crippen LogP contribution in [0.25, 0.3) is 16.5 Å². The molecule has 0 amide bonds. The number of rotatable bonds is 2. The largest absolute Gasteiger partial charge is 0.286 e. The summed E-state index contributed by atoms with van der Waals surface area (Å²) in [7, 11) is 3.09. The van der Waals surface area contributed by atoms with Crippen molar-refractivity contribution < 1.29 is 0 Å². The Morgan fingerprint density at radius 3 is 2.50 bits per heavy atom. The zero-order valence-corrected chi connectivity index (χ0v) is 12.9. The number of nitrogens with zero attached hydrogens (tertiary/aromatic N) is 2. The van der Waals surface area contributed by atoms with Crippen molar-refractivity contribution in [3.05, 3.63) is 58.5 Å². The number of hydrogen-bond acceptors (Lipinski definition) is 3. The third-order valence-corrected chi connectivity index (χ3v) is 4.79. The Labute approximate surface area is 126 Å². The van der Waals surface area contributed by atoms with E-state index in [1.807, 2.05) is 61.1 Å². The van der Waals surface area contributed by atoms with Crippen molar-refractivity contribution in [1.82, 2.24) is 9.36 Å². The van der Waals surface area contributed by atoms with Crippen LogP contribution in [0, 0.1) is 6.92 Å². The second kappa shape index (κ2) is 5.07. The quantitative estimate of drug-likeness (QED) is 0.579. The van der Waals surface area contributed by atoms with Crippen molar-refractivity contribution in [2.24, 2.45) is 7.05 Å². The minimum absolute atomic E-state index is 0.0265. The second-order valence-corrected chi connectivity index (χ2v) is 5.78. The third-order valence-electron chi connectivity index (χ3n) is 3.59. The molecule has 20 heavy (non-hydrogen) atoms. The molecule has 0 radical (unpaired) electrons. The monoisotopic (exact) mass is 302 g/mol. The molecule has 0 saturated carbocycles. The highest BCUT2D eigenvalue weighted by atomic mass is 33.1. The van der Waals surface area contributed by atoms with Crippen molar-refractivity contribution >= 4 is 33.2 Å². The van der Waals surface area contributed by atoms with Gasteiger partial charge in [0, 0.05) is 12.4 Å². The molecular weight excluding hydrogens is 288 g/mol. The van der Waals surface area contributed by atoms with Gasteiger partial charge in [0.2, 0.25) is 0 Å². The average Bonchev–Trinajstić information content (AvgIpc) is 2.68. The number of hydrogen-bond donors (Lipinski definition) is 1. The maximum absolute atomic E-state index is 12.6. The topological polar surface area (TPSA) is 26.9 Å². The van der Waals surface area contributed by atoms with Crippen LogP contribution in [-0.2, 0) is 7.05 Å². The summed E-state index contributed by atoms with van der Waals surface area (Å²) in [6.45, 7) is 1.93. The van der Waals surface area contributed by atoms with Crippen molar-refractivity contribution in [3.63, 3.8) is 0 Å². The van der Waals surface area contributed by atoms with E-state index in [-0.39, 0.29) is 5.56 Å². The van der Waals surface area contributed by atoms with E-state index in [0.29, 0.717) is 4.90 Å². The van der Waals surface area contributed by atoms with Crippen molar-refractivity contribution in [3.8, 4) is 5.69 Å². The van der Waals surface area contributed by atoms with Crippen molar-refractivity contribution in [2.45, 2.75) is 11.8 Å². The fourth-order valence-electron chi connectivity index (χ4n) is 2.45. The lowest BCUT2D eigenvalue weighted by Crippen LogP contribution is -2.20. The summed E-state index contributed by atoms with van der Waals surface area (Å²) in [5.41, 5.74) is 1.79. The molecule has 0 bridgehead atoms. The molecule has 3 rings (SSSR count). The smallest absolute Gasteiger partial charge is 0.284 e. The molecule has 0 aliphatic carbocycles. The average molecular weight is 302 g/mol. The molecule has 1 heterocycles. The normalized spacial score (nSPS) is 11.2. The van der Waals surface area contributed by atoms with E-state index in [1.165, 1.54) is 10.8 Å². The lowest BCUT2D eigenvalue weighted by molar-refractivity contribution is 0.632. The van der Waals surface area contributed by atoms with Crippen LogP contribution in [-0.4, -0.2) is 9.36 Å². The van der Waals surface area contributed by atoms with E-state index < -0.39 is 0 Å². The van der Waals surface area contributed by atoms with Crippen LogP contribution >= 0.6 is 22.5 Å². The predicted molar refractivity (Wildman–Crippen MR) is 88.1 cm³/mol. The maximum atomic E-state index is 12.6. The highest BCUT2D eigenvalue weighted by Crippen LogP contribution is 2.26. The Hall–Kier alpha value is -1.59. The summed E-state index contributed by atoms with van der Waals surface area (Å²) in [5, 5.41) is 2.18. The summed E-state index contributed by atoms with van der Waals surface area (Å²) >= 11 is 4.19. The standard InChI is InChI=1S/C15H14N2OS2/c1-10-14(20-19)15(18)17(16(10)2)13-9-5-7-11-6-3-4-8-12(11)13/h3-9,19H,1-2H3. The molecule has 0 aliphatic heterocycles. The molecule has 102 valence electrons. The summed E-state index contributed by atoms with van der Waals surface area (Å²) < 4.78 is 3.58. The molecular formula is C15H14N2OS2. The molecule has 0 spiro atoms. The predicted octanol–water partition coefficient (Wildman–Crippen LogP) is 3.57. The van der Waals surface area contributed by atoms with E-state index in [2.05, 4.69) is 11.7 Å². The van der Waals surface area contributed by atoms with Gasteiger partial charge in [-0.3, -0.25) is 9.48 Å². The lowest BCUT2D eigenvalue weighted by Gasteiger charge is -2.11. The van der Waals surface area contributed by atoms with Crippen LogP contribution in [0.4, 0.5) is 0 Å². The SMILES string of the molecule is Cc1c(SS)c(=O)n(-c2cccc3ccccc23)n1C. The molecule has 1 aromatic heterocycles. The van der Waals surface area contributed by atoms with E-state index in [9.17, 15) is 4.79 Å². The first-order valence-electron chi connectivity index (χ1n) is 6.23. The van der Waals surface area contributed by atoms with Crippen LogP contribution in [0.3, 0.4) is 0 Å². The molecule has 0 unspecified atom stereocenters. The Morgan fingerprint density at radius 2 is 1.80 bits per heavy atom. The van der Waals surface area contributed by atoms with Gasteiger partial charge in [-0.25, -0.2) is 4.68 Å². The van der Waals surface area contributed by atoms with Gasteiger partial charge in [-0.05, 0) is 18.4 Å². The summed E-state index contributed by atoms with van der Waals surface area (Å²) in [6.07, 6.45) is 0. The van der Waals surface area contributed by atoms with Crippen molar-refractivity contribution in [1.29, 1.82) is 0 Å². The van der Waals surface area contributed by atoms with Crippen LogP contribution in [0.5, 0.6) is 0 Å². The molecule has 3 nitrogen and oxygen atoms in total. The van der Waals surface area contributed by atoms with Gasteiger partial charge >= 0.3 is 0 Å². The lowest BCUT2D eigenvalue weighted by atomic mass is 10.1. The van der Waals surface area contributed by atoms with E-state index in [4.69, 9.17) is 0 Å².